The number of hydrogen-bond donors (Lipinski definition) is 1. The zero-order valence-corrected chi connectivity index (χ0v) is 28.5. The van der Waals surface area contributed by atoms with Gasteiger partial charge in [-0.15, -0.1) is 0 Å². The van der Waals surface area contributed by atoms with Gasteiger partial charge in [-0.25, -0.2) is 4.98 Å². The number of carbonyl (C=O) groups is 1. The first-order chi connectivity index (χ1) is 22.8. The van der Waals surface area contributed by atoms with Crippen molar-refractivity contribution in [3.63, 3.8) is 0 Å². The van der Waals surface area contributed by atoms with E-state index in [1.54, 1.807) is 20.3 Å². The fourth-order valence-corrected chi connectivity index (χ4v) is 6.73. The Labute approximate surface area is 280 Å². The summed E-state index contributed by atoms with van der Waals surface area (Å²) < 4.78 is 19.3. The van der Waals surface area contributed by atoms with Crippen LogP contribution >= 0.6 is 11.6 Å². The van der Waals surface area contributed by atoms with Crippen molar-refractivity contribution in [2.24, 2.45) is 7.05 Å². The Bertz CT molecular complexity index is 1740. The highest BCUT2D eigenvalue weighted by atomic mass is 35.5. The van der Waals surface area contributed by atoms with E-state index >= 15 is 0 Å². The van der Waals surface area contributed by atoms with Crippen molar-refractivity contribution >= 4 is 23.2 Å². The molecule has 2 aromatic heterocycles. The third-order valence-electron chi connectivity index (χ3n) is 9.12. The minimum atomic E-state index is -0.296. The van der Waals surface area contributed by atoms with E-state index in [-0.39, 0.29) is 18.5 Å². The van der Waals surface area contributed by atoms with Crippen LogP contribution in [0.5, 0.6) is 17.8 Å². The molecule has 0 saturated carbocycles. The summed E-state index contributed by atoms with van der Waals surface area (Å²) in [4.78, 5) is 31.7. The average Bonchev–Trinajstić information content (AvgIpc) is 3.41. The van der Waals surface area contributed by atoms with Crippen LogP contribution in [-0.2, 0) is 33.2 Å². The number of likely N-dealkylation sites (N-methyl/N-ethyl adjacent to an activating group) is 1. The summed E-state index contributed by atoms with van der Waals surface area (Å²) >= 11 is 6.95. The van der Waals surface area contributed by atoms with E-state index < -0.39 is 0 Å². The number of rotatable bonds is 10. The van der Waals surface area contributed by atoms with Gasteiger partial charge >= 0.3 is 6.01 Å². The lowest BCUT2D eigenvalue weighted by molar-refractivity contribution is 0.101. The number of methoxy groups -OCH3 is 2. The molecule has 0 unspecified atom stereocenters. The van der Waals surface area contributed by atoms with Crippen molar-refractivity contribution in [1.82, 2.24) is 29.3 Å². The summed E-state index contributed by atoms with van der Waals surface area (Å²) in [7, 11) is 7.15. The van der Waals surface area contributed by atoms with Crippen molar-refractivity contribution in [1.29, 1.82) is 0 Å². The van der Waals surface area contributed by atoms with Gasteiger partial charge in [-0.1, -0.05) is 48.4 Å². The molecule has 0 aliphatic carbocycles. The van der Waals surface area contributed by atoms with E-state index in [1.165, 1.54) is 19.3 Å². The van der Waals surface area contributed by atoms with Gasteiger partial charge in [-0.05, 0) is 62.7 Å². The number of nitrogens with zero attached hydrogens (tertiary/aromatic N) is 6. The van der Waals surface area contributed by atoms with Gasteiger partial charge in [0.1, 0.15) is 6.61 Å². The van der Waals surface area contributed by atoms with E-state index in [1.807, 2.05) is 48.9 Å². The highest BCUT2D eigenvalue weighted by molar-refractivity contribution is 6.36. The van der Waals surface area contributed by atoms with E-state index in [0.717, 1.165) is 71.8 Å². The third kappa shape index (κ3) is 6.93. The van der Waals surface area contributed by atoms with Crippen LogP contribution in [0.3, 0.4) is 0 Å². The smallest absolute Gasteiger partial charge is 0.323 e. The van der Waals surface area contributed by atoms with E-state index in [0.29, 0.717) is 34.8 Å². The molecule has 47 heavy (non-hydrogen) atoms. The van der Waals surface area contributed by atoms with Gasteiger partial charge in [-0.2, -0.15) is 9.97 Å². The highest BCUT2D eigenvalue weighted by Crippen LogP contribution is 2.37. The summed E-state index contributed by atoms with van der Waals surface area (Å²) in [5, 5.41) is 3.44. The Hall–Kier alpha value is -4.19. The number of carbonyl (C=O) groups excluding carboxylic acids is 1. The lowest BCUT2D eigenvalue weighted by atomic mass is 9.96. The molecule has 6 rings (SSSR count). The summed E-state index contributed by atoms with van der Waals surface area (Å²) in [5.74, 6) is 0.977. The molecule has 0 radical (unpaired) electrons. The SMILES string of the molecule is COc1nc(OCc2cccc(-c3cccc(NC(=O)c4nc5c(n4C)CCN(C)C5)c3Cl)c2C)nc(OC)c1CN1CCCCC1. The van der Waals surface area contributed by atoms with Gasteiger partial charge in [0.25, 0.3) is 5.91 Å². The van der Waals surface area contributed by atoms with E-state index in [9.17, 15) is 4.79 Å². The Morgan fingerprint density at radius 3 is 2.36 bits per heavy atom. The second kappa shape index (κ2) is 14.3. The quantitative estimate of drug-likeness (QED) is 0.231. The largest absolute Gasteiger partial charge is 0.481 e. The number of imidazole rings is 1. The van der Waals surface area contributed by atoms with Crippen LogP contribution < -0.4 is 19.5 Å². The van der Waals surface area contributed by atoms with Crippen molar-refractivity contribution < 1.29 is 19.0 Å². The van der Waals surface area contributed by atoms with Crippen LogP contribution in [0.1, 0.15) is 58.0 Å². The van der Waals surface area contributed by atoms with Gasteiger partial charge in [0, 0.05) is 44.4 Å². The third-order valence-corrected chi connectivity index (χ3v) is 9.52. The molecule has 11 nitrogen and oxygen atoms in total. The molecular formula is C35H42ClN7O4. The topological polar surface area (TPSA) is 107 Å². The van der Waals surface area contributed by atoms with Crippen LogP contribution in [-0.4, -0.2) is 76.1 Å². The molecule has 2 aromatic carbocycles. The minimum absolute atomic E-state index is 0.177. The van der Waals surface area contributed by atoms with Gasteiger partial charge in [0.15, 0.2) is 5.82 Å². The first kappa shape index (κ1) is 32.7. The Morgan fingerprint density at radius 2 is 1.64 bits per heavy atom. The number of nitrogens with one attached hydrogen (secondary N) is 1. The Morgan fingerprint density at radius 1 is 0.936 bits per heavy atom. The molecule has 248 valence electrons. The summed E-state index contributed by atoms with van der Waals surface area (Å²) in [6.45, 7) is 6.63. The second-order valence-electron chi connectivity index (χ2n) is 12.2. The number of anilines is 1. The molecule has 4 heterocycles. The van der Waals surface area contributed by atoms with Crippen molar-refractivity contribution in [3.8, 4) is 28.9 Å². The van der Waals surface area contributed by atoms with Crippen molar-refractivity contribution in [2.75, 3.05) is 46.2 Å². The number of likely N-dealkylation sites (tertiary alicyclic amines) is 1. The number of fused-ring (bicyclic) bond motifs is 1. The van der Waals surface area contributed by atoms with Crippen LogP contribution in [0, 0.1) is 6.92 Å². The second-order valence-corrected chi connectivity index (χ2v) is 12.6. The minimum Gasteiger partial charge on any atom is -0.481 e. The van der Waals surface area contributed by atoms with Gasteiger partial charge in [0.2, 0.25) is 11.8 Å². The molecule has 2 aliphatic rings. The fraction of sp³-hybridized carbons (Fsp3) is 0.429. The summed E-state index contributed by atoms with van der Waals surface area (Å²) in [5.41, 5.74) is 7.02. The molecule has 12 heteroatoms. The molecule has 0 atom stereocenters. The Kier molecular flexibility index (Phi) is 9.95. The lowest BCUT2D eigenvalue weighted by Crippen LogP contribution is -2.29. The van der Waals surface area contributed by atoms with Crippen molar-refractivity contribution in [2.45, 2.75) is 52.3 Å². The molecule has 1 N–H and O–H groups in total. The van der Waals surface area contributed by atoms with E-state index in [4.69, 9.17) is 25.8 Å². The van der Waals surface area contributed by atoms with Crippen LogP contribution in [0.2, 0.25) is 5.02 Å². The molecule has 0 spiro atoms. The number of hydrogen-bond acceptors (Lipinski definition) is 9. The zero-order valence-electron chi connectivity index (χ0n) is 27.7. The van der Waals surface area contributed by atoms with Gasteiger partial charge in [0.05, 0.1) is 36.2 Å². The molecule has 4 aromatic rings. The van der Waals surface area contributed by atoms with Crippen LogP contribution in [0.4, 0.5) is 5.69 Å². The first-order valence-electron chi connectivity index (χ1n) is 16.0. The number of halogens is 1. The normalized spacial score (nSPS) is 15.3. The maximum Gasteiger partial charge on any atom is 0.323 e. The fourth-order valence-electron chi connectivity index (χ4n) is 6.45. The molecule has 1 saturated heterocycles. The zero-order chi connectivity index (χ0) is 33.1. The molecular weight excluding hydrogens is 618 g/mol. The Balaban J connectivity index is 1.20. The monoisotopic (exact) mass is 659 g/mol. The van der Waals surface area contributed by atoms with E-state index in [2.05, 4.69) is 37.1 Å². The maximum absolute atomic E-state index is 13.4. The average molecular weight is 660 g/mol. The number of piperidine rings is 1. The summed E-state index contributed by atoms with van der Waals surface area (Å²) in [6, 6.07) is 11.8. The number of amides is 1. The standard InChI is InChI=1S/C35H42ClN7O4/c1-22-23(21-47-35-39-33(45-4)26(34(40-35)46-5)19-43-16-7-6-8-17-43)11-9-12-24(22)25-13-10-14-27(30(25)36)38-32(44)31-37-28-20-41(2)18-15-29(28)42(31)3/h9-14H,6-8,15-21H2,1-5H3,(H,38,44). The molecule has 1 amide bonds. The number of benzene rings is 2. The van der Waals surface area contributed by atoms with Crippen LogP contribution in [0.15, 0.2) is 36.4 Å². The lowest BCUT2D eigenvalue weighted by Gasteiger charge is -2.27. The predicted molar refractivity (Wildman–Crippen MR) is 181 cm³/mol. The van der Waals surface area contributed by atoms with Crippen LogP contribution in [0.25, 0.3) is 11.1 Å². The van der Waals surface area contributed by atoms with Gasteiger partial charge < -0.3 is 29.0 Å². The molecule has 2 aliphatic heterocycles. The molecule has 0 bridgehead atoms. The summed E-state index contributed by atoms with van der Waals surface area (Å²) in [6.07, 6.45) is 4.48. The van der Waals surface area contributed by atoms with Crippen molar-refractivity contribution in [3.05, 3.63) is 75.3 Å². The first-order valence-corrected chi connectivity index (χ1v) is 16.4. The number of ether oxygens (including phenoxy) is 3. The maximum atomic E-state index is 13.4. The molecule has 1 fully saturated rings. The highest BCUT2D eigenvalue weighted by Gasteiger charge is 2.25. The number of aromatic nitrogens is 4. The van der Waals surface area contributed by atoms with Gasteiger partial charge in [-0.3, -0.25) is 9.69 Å². The predicted octanol–water partition coefficient (Wildman–Crippen LogP) is 5.66.